The molecule has 0 spiro atoms. The lowest BCUT2D eigenvalue weighted by Gasteiger charge is -2.35. The molecule has 1 fully saturated rings. The zero-order valence-corrected chi connectivity index (χ0v) is 15.3. The van der Waals surface area contributed by atoms with Gasteiger partial charge in [0.2, 0.25) is 0 Å². The van der Waals surface area contributed by atoms with Crippen LogP contribution < -0.4 is 0 Å². The van der Waals surface area contributed by atoms with E-state index < -0.39 is 0 Å². The highest BCUT2D eigenvalue weighted by Gasteiger charge is 2.35. The number of hydrogen-bond donors (Lipinski definition) is 0. The van der Waals surface area contributed by atoms with Gasteiger partial charge in [0.25, 0.3) is 0 Å². The predicted octanol–water partition coefficient (Wildman–Crippen LogP) is 6.56. The summed E-state index contributed by atoms with van der Waals surface area (Å²) in [5, 5.41) is 11.8. The summed E-state index contributed by atoms with van der Waals surface area (Å²) in [5.74, 6) is 0.523. The molecular weight excluding hydrogens is 312 g/mol. The molecule has 2 heterocycles. The van der Waals surface area contributed by atoms with Crippen LogP contribution in [0, 0.1) is 16.7 Å². The van der Waals surface area contributed by atoms with Gasteiger partial charge < -0.3 is 0 Å². The molecule has 0 aromatic carbocycles. The summed E-state index contributed by atoms with van der Waals surface area (Å²) in [6.07, 6.45) is 11.0. The molecule has 1 saturated carbocycles. The number of hydrogen-bond acceptors (Lipinski definition) is 3. The van der Waals surface area contributed by atoms with Crippen LogP contribution in [-0.2, 0) is 0 Å². The van der Waals surface area contributed by atoms with Gasteiger partial charge >= 0.3 is 0 Å². The van der Waals surface area contributed by atoms with E-state index in [0.29, 0.717) is 5.92 Å². The van der Waals surface area contributed by atoms with E-state index in [-0.39, 0.29) is 5.41 Å². The van der Waals surface area contributed by atoms with E-state index in [1.807, 2.05) is 6.20 Å². The van der Waals surface area contributed by atoms with Crippen LogP contribution in [0.1, 0.15) is 69.9 Å². The van der Waals surface area contributed by atoms with Crippen LogP contribution in [0.25, 0.3) is 10.4 Å². The second kappa shape index (κ2) is 7.94. The minimum atomic E-state index is -0.0669. The minimum Gasteiger partial charge on any atom is -0.260 e. The third-order valence-electron chi connectivity index (χ3n) is 5.45. The normalized spacial score (nSPS) is 23.8. The SMILES string of the molecule is CCCCCC1(C#N)CCC(c2ccc(-c3cccs3)cn2)CC1. The van der Waals surface area contributed by atoms with Crippen molar-refractivity contribution in [2.45, 2.75) is 64.2 Å². The standard InChI is InChI=1S/C21H26N2S/c1-2-3-4-11-21(16-22)12-9-17(10-13-21)19-8-7-18(15-23-19)20-6-5-14-24-20/h5-8,14-15,17H,2-4,9-13H2,1H3. The second-order valence-corrected chi connectivity index (χ2v) is 8.02. The highest BCUT2D eigenvalue weighted by atomic mass is 32.1. The van der Waals surface area contributed by atoms with Crippen molar-refractivity contribution in [2.24, 2.45) is 5.41 Å². The fourth-order valence-electron chi connectivity index (χ4n) is 3.83. The molecular formula is C21H26N2S. The van der Waals surface area contributed by atoms with Gasteiger partial charge in [-0.15, -0.1) is 11.3 Å². The molecule has 0 N–H and O–H groups in total. The summed E-state index contributed by atoms with van der Waals surface area (Å²) < 4.78 is 0. The fourth-order valence-corrected chi connectivity index (χ4v) is 4.55. The van der Waals surface area contributed by atoms with Gasteiger partial charge in [-0.2, -0.15) is 5.26 Å². The molecule has 2 nitrogen and oxygen atoms in total. The summed E-state index contributed by atoms with van der Waals surface area (Å²) in [6.45, 7) is 2.22. The van der Waals surface area contributed by atoms with E-state index in [4.69, 9.17) is 4.98 Å². The van der Waals surface area contributed by atoms with Gasteiger partial charge in [0.15, 0.2) is 0 Å². The van der Waals surface area contributed by atoms with Crippen molar-refractivity contribution in [3.63, 3.8) is 0 Å². The van der Waals surface area contributed by atoms with Crippen LogP contribution in [0.5, 0.6) is 0 Å². The topological polar surface area (TPSA) is 36.7 Å². The summed E-state index contributed by atoms with van der Waals surface area (Å²) in [7, 11) is 0. The Kier molecular flexibility index (Phi) is 5.68. The molecule has 0 unspecified atom stereocenters. The summed E-state index contributed by atoms with van der Waals surface area (Å²) in [6, 6.07) is 11.3. The average Bonchev–Trinajstić information content (AvgIpc) is 3.17. The Morgan fingerprint density at radius 1 is 1.25 bits per heavy atom. The van der Waals surface area contributed by atoms with Gasteiger partial charge in [-0.25, -0.2) is 0 Å². The van der Waals surface area contributed by atoms with Crippen molar-refractivity contribution in [2.75, 3.05) is 0 Å². The van der Waals surface area contributed by atoms with Crippen molar-refractivity contribution < 1.29 is 0 Å². The number of unbranched alkanes of at least 4 members (excludes halogenated alkanes) is 2. The first-order valence-corrected chi connectivity index (χ1v) is 10.1. The van der Waals surface area contributed by atoms with Crippen LogP contribution in [0.3, 0.4) is 0 Å². The zero-order valence-electron chi connectivity index (χ0n) is 14.5. The maximum absolute atomic E-state index is 9.68. The lowest BCUT2D eigenvalue weighted by molar-refractivity contribution is 0.221. The van der Waals surface area contributed by atoms with Crippen LogP contribution >= 0.6 is 11.3 Å². The lowest BCUT2D eigenvalue weighted by atomic mass is 9.68. The molecule has 0 saturated heterocycles. The van der Waals surface area contributed by atoms with Crippen molar-refractivity contribution in [3.05, 3.63) is 41.5 Å². The number of aromatic nitrogens is 1. The van der Waals surface area contributed by atoms with Gasteiger partial charge in [0, 0.05) is 28.2 Å². The van der Waals surface area contributed by atoms with Gasteiger partial charge in [-0.1, -0.05) is 38.3 Å². The zero-order chi connectivity index (χ0) is 16.8. The maximum atomic E-state index is 9.68. The van der Waals surface area contributed by atoms with Crippen LogP contribution in [-0.4, -0.2) is 4.98 Å². The van der Waals surface area contributed by atoms with E-state index in [0.717, 1.165) is 32.1 Å². The molecule has 2 aromatic heterocycles. The minimum absolute atomic E-state index is 0.0669. The Labute approximate surface area is 149 Å². The van der Waals surface area contributed by atoms with Crippen LogP contribution in [0.2, 0.25) is 0 Å². The van der Waals surface area contributed by atoms with E-state index in [1.54, 1.807) is 11.3 Å². The van der Waals surface area contributed by atoms with Crippen molar-refractivity contribution in [1.29, 1.82) is 5.26 Å². The quantitative estimate of drug-likeness (QED) is 0.559. The molecule has 0 amide bonds. The summed E-state index contributed by atoms with van der Waals surface area (Å²) in [4.78, 5) is 6.01. The summed E-state index contributed by atoms with van der Waals surface area (Å²) in [5.41, 5.74) is 2.34. The molecule has 0 aliphatic heterocycles. The van der Waals surface area contributed by atoms with Crippen LogP contribution in [0.15, 0.2) is 35.8 Å². The molecule has 0 radical (unpaired) electrons. The van der Waals surface area contributed by atoms with Gasteiger partial charge in [-0.3, -0.25) is 4.98 Å². The molecule has 24 heavy (non-hydrogen) atoms. The first-order valence-electron chi connectivity index (χ1n) is 9.17. The average molecular weight is 339 g/mol. The van der Waals surface area contributed by atoms with Crippen molar-refractivity contribution >= 4 is 11.3 Å². The molecule has 1 aliphatic rings. The molecule has 1 aliphatic carbocycles. The molecule has 3 heteroatoms. The molecule has 2 aromatic rings. The fraction of sp³-hybridized carbons (Fsp3) is 0.524. The Balaban J connectivity index is 1.61. The van der Waals surface area contributed by atoms with Gasteiger partial charge in [0.1, 0.15) is 0 Å². The highest BCUT2D eigenvalue weighted by molar-refractivity contribution is 7.13. The first kappa shape index (κ1) is 17.2. The Morgan fingerprint density at radius 2 is 2.08 bits per heavy atom. The largest absolute Gasteiger partial charge is 0.260 e. The van der Waals surface area contributed by atoms with Crippen molar-refractivity contribution in [3.8, 4) is 16.5 Å². The Bertz CT molecular complexity index is 659. The molecule has 126 valence electrons. The van der Waals surface area contributed by atoms with Crippen molar-refractivity contribution in [1.82, 2.24) is 4.98 Å². The summed E-state index contributed by atoms with van der Waals surface area (Å²) >= 11 is 1.75. The highest BCUT2D eigenvalue weighted by Crippen LogP contribution is 2.45. The number of nitriles is 1. The number of rotatable bonds is 6. The number of pyridine rings is 1. The number of thiophene rings is 1. The molecule has 3 rings (SSSR count). The van der Waals surface area contributed by atoms with Gasteiger partial charge in [0.05, 0.1) is 11.5 Å². The third kappa shape index (κ3) is 3.87. The Hall–Kier alpha value is -1.66. The lowest BCUT2D eigenvalue weighted by Crippen LogP contribution is -2.25. The van der Waals surface area contributed by atoms with Crippen LogP contribution in [0.4, 0.5) is 0 Å². The van der Waals surface area contributed by atoms with E-state index in [2.05, 4.69) is 42.6 Å². The van der Waals surface area contributed by atoms with E-state index in [9.17, 15) is 5.26 Å². The van der Waals surface area contributed by atoms with E-state index >= 15 is 0 Å². The smallest absolute Gasteiger partial charge is 0.0689 e. The molecule has 0 atom stereocenters. The number of nitrogens with zero attached hydrogens (tertiary/aromatic N) is 2. The second-order valence-electron chi connectivity index (χ2n) is 7.07. The Morgan fingerprint density at radius 3 is 2.67 bits per heavy atom. The maximum Gasteiger partial charge on any atom is 0.0689 e. The molecule has 0 bridgehead atoms. The first-order chi connectivity index (χ1) is 11.8. The predicted molar refractivity (Wildman–Crippen MR) is 101 cm³/mol. The third-order valence-corrected chi connectivity index (χ3v) is 6.37. The van der Waals surface area contributed by atoms with E-state index in [1.165, 1.54) is 35.4 Å². The monoisotopic (exact) mass is 338 g/mol. The van der Waals surface area contributed by atoms with Gasteiger partial charge in [-0.05, 0) is 49.6 Å².